The number of benzene rings is 1. The first-order valence-electron chi connectivity index (χ1n) is 16.5. The van der Waals surface area contributed by atoms with E-state index >= 15 is 0 Å². The van der Waals surface area contributed by atoms with E-state index in [0.717, 1.165) is 27.8 Å². The van der Waals surface area contributed by atoms with Crippen LogP contribution in [-0.4, -0.2) is 75.9 Å². The van der Waals surface area contributed by atoms with E-state index in [1.54, 1.807) is 4.57 Å². The van der Waals surface area contributed by atoms with Gasteiger partial charge in [0.1, 0.15) is 23.9 Å². The molecule has 4 N–H and O–H groups in total. The molecule has 2 aliphatic rings. The summed E-state index contributed by atoms with van der Waals surface area (Å²) in [5, 5.41) is 4.49. The Morgan fingerprint density at radius 2 is 1.70 bits per heavy atom. The second kappa shape index (κ2) is 15.4. The van der Waals surface area contributed by atoms with Crippen LogP contribution in [0.3, 0.4) is 0 Å². The number of aryl methyl sites for hydroxylation is 1. The van der Waals surface area contributed by atoms with Crippen molar-refractivity contribution in [1.29, 1.82) is 0 Å². The summed E-state index contributed by atoms with van der Waals surface area (Å²) in [7, 11) is -1.27. The zero-order valence-corrected chi connectivity index (χ0v) is 29.5. The largest absolute Gasteiger partial charge is 0.385 e. The Balaban J connectivity index is 1.54. The predicted octanol–water partition coefficient (Wildman–Crippen LogP) is 3.53. The molecule has 0 radical (unpaired) electrons. The molecule has 1 saturated carbocycles. The van der Waals surface area contributed by atoms with Gasteiger partial charge in [0.05, 0.1) is 13.2 Å². The molecule has 0 atom stereocenters. The Bertz CT molecular complexity index is 1500. The highest BCUT2D eigenvalue weighted by Crippen LogP contribution is 2.41. The Hall–Kier alpha value is -3.75. The van der Waals surface area contributed by atoms with Gasteiger partial charge in [-0.1, -0.05) is 63.3 Å². The van der Waals surface area contributed by atoms with Crippen molar-refractivity contribution in [2.24, 2.45) is 16.9 Å². The van der Waals surface area contributed by atoms with Crippen LogP contribution in [0.4, 0.5) is 4.79 Å². The average molecular weight is 670 g/mol. The van der Waals surface area contributed by atoms with E-state index in [1.807, 2.05) is 44.2 Å². The zero-order chi connectivity index (χ0) is 34.4. The summed E-state index contributed by atoms with van der Waals surface area (Å²) in [6.07, 6.45) is 3.40. The Labute approximate surface area is 277 Å². The number of imide groups is 2. The van der Waals surface area contributed by atoms with Crippen molar-refractivity contribution in [3.8, 4) is 0 Å². The van der Waals surface area contributed by atoms with Crippen LogP contribution in [0.15, 0.2) is 46.5 Å². The molecule has 2 fully saturated rings. The molecular weight excluding hydrogens is 618 g/mol. The van der Waals surface area contributed by atoms with Gasteiger partial charge >= 0.3 is 11.7 Å². The average Bonchev–Trinajstić information content (AvgIpc) is 3.27. The number of carbonyl (C=O) groups is 3. The van der Waals surface area contributed by atoms with Crippen LogP contribution in [0.5, 0.6) is 0 Å². The van der Waals surface area contributed by atoms with E-state index in [9.17, 15) is 19.2 Å². The lowest BCUT2D eigenvalue weighted by atomic mass is 9.72. The number of nitrogens with two attached hydrogens (primary N) is 2. The molecule has 0 spiro atoms. The van der Waals surface area contributed by atoms with Gasteiger partial charge in [-0.3, -0.25) is 24.0 Å². The van der Waals surface area contributed by atoms with Crippen molar-refractivity contribution in [3.63, 3.8) is 0 Å². The fraction of sp³-hybridized carbons (Fsp3) is 0.606. The molecular formula is C33H51N7O6Si. The third-order valence-electron chi connectivity index (χ3n) is 9.06. The minimum absolute atomic E-state index is 0.0866. The summed E-state index contributed by atoms with van der Waals surface area (Å²) in [4.78, 5) is 55.9. The second-order valence-electron chi connectivity index (χ2n) is 14.1. The first kappa shape index (κ1) is 36.1. The number of ether oxygens (including phenoxy) is 2. The van der Waals surface area contributed by atoms with Gasteiger partial charge in [0.2, 0.25) is 0 Å². The standard InChI is InChI=1S/C33H51N7O6Si/c1-6-7-17-37-29(41)27(28(34)35)30(42)40(32(37)44)26-13-15-33(16-14-26,22-46-20-25-11-9-8-10-12-25)21-38-24(2)36-39(31(38)43)23-45-18-19-47(3,4)5/h8-12,26H,6-7,13-23,34-35H2,1-5H3. The van der Waals surface area contributed by atoms with Crippen LogP contribution in [0.25, 0.3) is 0 Å². The van der Waals surface area contributed by atoms with E-state index in [0.29, 0.717) is 64.3 Å². The molecule has 1 aromatic heterocycles. The van der Waals surface area contributed by atoms with Crippen LogP contribution in [0.1, 0.15) is 56.8 Å². The normalized spacial score (nSPS) is 20.7. The molecule has 2 heterocycles. The lowest BCUT2D eigenvalue weighted by Crippen LogP contribution is -2.61. The summed E-state index contributed by atoms with van der Waals surface area (Å²) < 4.78 is 15.1. The fourth-order valence-corrected chi connectivity index (χ4v) is 6.95. The van der Waals surface area contributed by atoms with Gasteiger partial charge in [-0.15, -0.1) is 0 Å². The molecule has 1 saturated heterocycles. The maximum Gasteiger partial charge on any atom is 0.348 e. The van der Waals surface area contributed by atoms with Gasteiger partial charge in [0.15, 0.2) is 0 Å². The van der Waals surface area contributed by atoms with Gasteiger partial charge in [-0.25, -0.2) is 9.59 Å². The minimum atomic E-state index is -1.27. The van der Waals surface area contributed by atoms with Crippen molar-refractivity contribution in [3.05, 3.63) is 63.6 Å². The van der Waals surface area contributed by atoms with Gasteiger partial charge in [0.25, 0.3) is 11.8 Å². The van der Waals surface area contributed by atoms with Crippen molar-refractivity contribution in [2.75, 3.05) is 19.8 Å². The summed E-state index contributed by atoms with van der Waals surface area (Å²) in [5.74, 6) is -1.32. The van der Waals surface area contributed by atoms with E-state index in [-0.39, 0.29) is 24.5 Å². The lowest BCUT2D eigenvalue weighted by Gasteiger charge is -2.45. The van der Waals surface area contributed by atoms with Crippen molar-refractivity contribution in [2.45, 2.75) is 104 Å². The number of rotatable bonds is 15. The molecule has 0 unspecified atom stereocenters. The number of unbranched alkanes of at least 4 members (excludes halogenated alkanes) is 1. The van der Waals surface area contributed by atoms with Crippen LogP contribution >= 0.6 is 0 Å². The smallest absolute Gasteiger partial charge is 0.348 e. The minimum Gasteiger partial charge on any atom is -0.385 e. The molecule has 0 bridgehead atoms. The fourth-order valence-electron chi connectivity index (χ4n) is 6.19. The summed E-state index contributed by atoms with van der Waals surface area (Å²) in [5.41, 5.74) is 11.5. The van der Waals surface area contributed by atoms with E-state index in [4.69, 9.17) is 20.9 Å². The Morgan fingerprint density at radius 1 is 1.02 bits per heavy atom. The van der Waals surface area contributed by atoms with Gasteiger partial charge in [-0.2, -0.15) is 9.78 Å². The number of aromatic nitrogens is 3. The number of amides is 4. The van der Waals surface area contributed by atoms with Gasteiger partial charge in [-0.05, 0) is 50.6 Å². The van der Waals surface area contributed by atoms with Crippen LogP contribution in [0, 0.1) is 12.3 Å². The van der Waals surface area contributed by atoms with E-state index < -0.39 is 43.2 Å². The lowest BCUT2D eigenvalue weighted by molar-refractivity contribution is -0.138. The molecule has 258 valence electrons. The third-order valence-corrected chi connectivity index (χ3v) is 10.8. The quantitative estimate of drug-likeness (QED) is 0.125. The molecule has 1 aliphatic heterocycles. The first-order chi connectivity index (χ1) is 22.3. The molecule has 14 heteroatoms. The highest BCUT2D eigenvalue weighted by Gasteiger charge is 2.48. The number of hydrogen-bond acceptors (Lipinski definition) is 9. The number of carbonyl (C=O) groups excluding carboxylic acids is 3. The van der Waals surface area contributed by atoms with Gasteiger partial charge in [0, 0.05) is 39.2 Å². The summed E-state index contributed by atoms with van der Waals surface area (Å²) in [6, 6.07) is 9.75. The summed E-state index contributed by atoms with van der Waals surface area (Å²) in [6.45, 7) is 12.6. The highest BCUT2D eigenvalue weighted by molar-refractivity contribution is 6.76. The monoisotopic (exact) mass is 669 g/mol. The van der Waals surface area contributed by atoms with Crippen LogP contribution in [0.2, 0.25) is 25.7 Å². The van der Waals surface area contributed by atoms with Crippen molar-refractivity contribution < 1.29 is 23.9 Å². The van der Waals surface area contributed by atoms with E-state index in [2.05, 4.69) is 24.7 Å². The molecule has 1 aromatic carbocycles. The topological polar surface area (TPSA) is 168 Å². The molecule has 4 rings (SSSR count). The van der Waals surface area contributed by atoms with E-state index in [1.165, 1.54) is 4.68 Å². The third kappa shape index (κ3) is 8.79. The van der Waals surface area contributed by atoms with Crippen molar-refractivity contribution in [1.82, 2.24) is 24.1 Å². The number of urea groups is 1. The van der Waals surface area contributed by atoms with Crippen LogP contribution < -0.4 is 17.2 Å². The first-order valence-corrected chi connectivity index (χ1v) is 20.3. The van der Waals surface area contributed by atoms with Gasteiger partial charge < -0.3 is 20.9 Å². The van der Waals surface area contributed by atoms with Crippen molar-refractivity contribution >= 4 is 25.9 Å². The van der Waals surface area contributed by atoms with Crippen LogP contribution in [-0.2, 0) is 38.9 Å². The summed E-state index contributed by atoms with van der Waals surface area (Å²) >= 11 is 0. The second-order valence-corrected chi connectivity index (χ2v) is 19.7. The predicted molar refractivity (Wildman–Crippen MR) is 180 cm³/mol. The zero-order valence-electron chi connectivity index (χ0n) is 28.5. The maximum absolute atomic E-state index is 13.6. The molecule has 4 amide bonds. The molecule has 1 aliphatic carbocycles. The molecule has 47 heavy (non-hydrogen) atoms. The Kier molecular flexibility index (Phi) is 11.8. The Morgan fingerprint density at radius 3 is 2.32 bits per heavy atom. The SMILES string of the molecule is CCCCN1C(=O)C(=C(N)N)C(=O)N(C2CCC(COCc3ccccc3)(Cn3c(C)nn(COCC[Si](C)(C)C)c3=O)CC2)C1=O. The molecule has 2 aromatic rings. The number of barbiturate groups is 1. The molecule has 13 nitrogen and oxygen atoms in total. The number of hydrogen-bond donors (Lipinski definition) is 2. The maximum atomic E-state index is 13.6. The number of nitrogens with zero attached hydrogens (tertiary/aromatic N) is 5. The highest BCUT2D eigenvalue weighted by atomic mass is 28.3.